The molecule has 0 fully saturated rings. The van der Waals surface area contributed by atoms with E-state index in [-0.39, 0.29) is 5.91 Å². The van der Waals surface area contributed by atoms with E-state index in [2.05, 4.69) is 4.98 Å². The largest absolute Gasteiger partial charge is 0.337 e. The Morgan fingerprint density at radius 2 is 2.09 bits per heavy atom. The van der Waals surface area contributed by atoms with Crippen LogP contribution in [0.5, 0.6) is 0 Å². The molecule has 2 heterocycles. The third-order valence-corrected chi connectivity index (χ3v) is 5.29. The van der Waals surface area contributed by atoms with Crippen molar-refractivity contribution in [2.24, 2.45) is 0 Å². The molecule has 0 unspecified atom stereocenters. The second kappa shape index (κ2) is 6.60. The lowest BCUT2D eigenvalue weighted by Gasteiger charge is -2.13. The predicted molar refractivity (Wildman–Crippen MR) is 94.5 cm³/mol. The van der Waals surface area contributed by atoms with Gasteiger partial charge in [0, 0.05) is 18.0 Å². The number of carbonyl (C=O) groups is 1. The van der Waals surface area contributed by atoms with Gasteiger partial charge < -0.3 is 4.90 Å². The van der Waals surface area contributed by atoms with Crippen molar-refractivity contribution in [3.05, 3.63) is 56.7 Å². The van der Waals surface area contributed by atoms with Gasteiger partial charge in [0.05, 0.1) is 21.1 Å². The van der Waals surface area contributed by atoms with Gasteiger partial charge in [0.2, 0.25) is 5.91 Å². The second-order valence-corrected chi connectivity index (χ2v) is 7.62. The summed E-state index contributed by atoms with van der Waals surface area (Å²) in [7, 11) is 1.78. The van der Waals surface area contributed by atoms with E-state index in [1.165, 1.54) is 11.3 Å². The summed E-state index contributed by atoms with van der Waals surface area (Å²) < 4.78 is 1.86. The number of thiazole rings is 1. The Bertz CT molecular complexity index is 804. The Morgan fingerprint density at radius 3 is 2.82 bits per heavy atom. The zero-order chi connectivity index (χ0) is 15.5. The van der Waals surface area contributed by atoms with Crippen molar-refractivity contribution in [1.29, 1.82) is 0 Å². The predicted octanol–water partition coefficient (Wildman–Crippen LogP) is 4.68. The minimum atomic E-state index is -0.0521. The third kappa shape index (κ3) is 3.55. The van der Waals surface area contributed by atoms with E-state index in [9.17, 15) is 4.79 Å². The zero-order valence-electron chi connectivity index (χ0n) is 11.8. The molecule has 0 aliphatic heterocycles. The van der Waals surface area contributed by atoms with Gasteiger partial charge in [0.1, 0.15) is 5.01 Å². The molecular formula is C16H13ClN2OS2. The normalized spacial score (nSPS) is 11.4. The third-order valence-electron chi connectivity index (χ3n) is 3.08. The van der Waals surface area contributed by atoms with E-state index >= 15 is 0 Å². The van der Waals surface area contributed by atoms with E-state index in [0.29, 0.717) is 6.54 Å². The number of rotatable bonds is 4. The topological polar surface area (TPSA) is 33.2 Å². The Kier molecular flexibility index (Phi) is 4.57. The lowest BCUT2D eigenvalue weighted by atomic mass is 10.3. The fraction of sp³-hybridized carbons (Fsp3) is 0.125. The first-order valence-electron chi connectivity index (χ1n) is 6.65. The van der Waals surface area contributed by atoms with Crippen LogP contribution < -0.4 is 0 Å². The molecule has 3 nitrogen and oxygen atoms in total. The fourth-order valence-electron chi connectivity index (χ4n) is 1.98. The van der Waals surface area contributed by atoms with Crippen molar-refractivity contribution in [2.75, 3.05) is 7.05 Å². The van der Waals surface area contributed by atoms with Crippen LogP contribution in [0.3, 0.4) is 0 Å². The van der Waals surface area contributed by atoms with Crippen LogP contribution in [0, 0.1) is 0 Å². The first-order chi connectivity index (χ1) is 10.6. The van der Waals surface area contributed by atoms with E-state index in [1.807, 2.05) is 36.4 Å². The lowest BCUT2D eigenvalue weighted by molar-refractivity contribution is -0.125. The number of thiophene rings is 1. The standard InChI is InChI=1S/C16H13ClN2OS2/c1-19(10-11-6-7-14(17)21-11)16(20)9-8-15-18-12-4-2-3-5-13(12)22-15/h2-9H,10H2,1H3. The summed E-state index contributed by atoms with van der Waals surface area (Å²) in [5.74, 6) is -0.0521. The number of para-hydroxylation sites is 1. The fourth-order valence-corrected chi connectivity index (χ4v) is 3.99. The Labute approximate surface area is 141 Å². The number of amides is 1. The summed E-state index contributed by atoms with van der Waals surface area (Å²) in [5, 5.41) is 0.835. The van der Waals surface area contributed by atoms with Crippen molar-refractivity contribution in [2.45, 2.75) is 6.54 Å². The molecule has 3 rings (SSSR count). The Balaban J connectivity index is 1.67. The molecule has 0 spiro atoms. The number of hydrogen-bond acceptors (Lipinski definition) is 4. The monoisotopic (exact) mass is 348 g/mol. The number of halogens is 1. The summed E-state index contributed by atoms with van der Waals surface area (Å²) in [6, 6.07) is 11.7. The lowest BCUT2D eigenvalue weighted by Crippen LogP contribution is -2.23. The zero-order valence-corrected chi connectivity index (χ0v) is 14.2. The van der Waals surface area contributed by atoms with E-state index in [4.69, 9.17) is 11.6 Å². The molecule has 0 saturated heterocycles. The summed E-state index contributed by atoms with van der Waals surface area (Å²) in [6.45, 7) is 0.556. The maximum absolute atomic E-state index is 12.1. The van der Waals surface area contributed by atoms with E-state index in [1.54, 1.807) is 35.4 Å². The van der Waals surface area contributed by atoms with Gasteiger partial charge in [0.15, 0.2) is 0 Å². The van der Waals surface area contributed by atoms with E-state index < -0.39 is 0 Å². The number of aromatic nitrogens is 1. The molecule has 0 radical (unpaired) electrons. The van der Waals surface area contributed by atoms with Gasteiger partial charge in [-0.05, 0) is 30.3 Å². The van der Waals surface area contributed by atoms with Crippen molar-refractivity contribution in [3.63, 3.8) is 0 Å². The van der Waals surface area contributed by atoms with Crippen LogP contribution in [-0.4, -0.2) is 22.8 Å². The highest BCUT2D eigenvalue weighted by Gasteiger charge is 2.08. The highest BCUT2D eigenvalue weighted by molar-refractivity contribution is 7.19. The second-order valence-electron chi connectivity index (χ2n) is 4.75. The molecule has 112 valence electrons. The van der Waals surface area contributed by atoms with Crippen molar-refractivity contribution in [3.8, 4) is 0 Å². The molecule has 1 aromatic carbocycles. The van der Waals surface area contributed by atoms with Crippen LogP contribution >= 0.6 is 34.3 Å². The Morgan fingerprint density at radius 1 is 1.27 bits per heavy atom. The van der Waals surface area contributed by atoms with Gasteiger partial charge in [-0.15, -0.1) is 22.7 Å². The summed E-state index contributed by atoms with van der Waals surface area (Å²) in [6.07, 6.45) is 3.33. The SMILES string of the molecule is CN(Cc1ccc(Cl)s1)C(=O)C=Cc1nc2ccccc2s1. The summed E-state index contributed by atoms with van der Waals surface area (Å²) in [4.78, 5) is 19.3. The van der Waals surface area contributed by atoms with Crippen LogP contribution in [0.1, 0.15) is 9.88 Å². The average Bonchev–Trinajstić information content (AvgIpc) is 3.10. The summed E-state index contributed by atoms with van der Waals surface area (Å²) in [5.41, 5.74) is 0.959. The molecule has 2 aromatic heterocycles. The van der Waals surface area contributed by atoms with Crippen LogP contribution in [0.15, 0.2) is 42.5 Å². The molecule has 0 atom stereocenters. The van der Waals surface area contributed by atoms with Crippen molar-refractivity contribution < 1.29 is 4.79 Å². The maximum Gasteiger partial charge on any atom is 0.246 e. The molecule has 0 saturated carbocycles. The van der Waals surface area contributed by atoms with Gasteiger partial charge in [-0.1, -0.05) is 23.7 Å². The number of benzene rings is 1. The number of nitrogens with zero attached hydrogens (tertiary/aromatic N) is 2. The average molecular weight is 349 g/mol. The molecule has 22 heavy (non-hydrogen) atoms. The molecule has 1 amide bonds. The van der Waals surface area contributed by atoms with Crippen molar-refractivity contribution in [1.82, 2.24) is 9.88 Å². The Hall–Kier alpha value is -1.69. The number of carbonyl (C=O) groups excluding carboxylic acids is 1. The van der Waals surface area contributed by atoms with Gasteiger partial charge in [0.25, 0.3) is 0 Å². The highest BCUT2D eigenvalue weighted by Crippen LogP contribution is 2.23. The van der Waals surface area contributed by atoms with Crippen LogP contribution in [0.2, 0.25) is 4.34 Å². The minimum absolute atomic E-state index is 0.0521. The molecule has 0 bridgehead atoms. The number of likely N-dealkylation sites (N-methyl/N-ethyl adjacent to an activating group) is 1. The number of fused-ring (bicyclic) bond motifs is 1. The molecular weight excluding hydrogens is 336 g/mol. The van der Waals surface area contributed by atoms with Gasteiger partial charge >= 0.3 is 0 Å². The molecule has 6 heteroatoms. The van der Waals surface area contributed by atoms with Gasteiger partial charge in [-0.2, -0.15) is 0 Å². The number of hydrogen-bond donors (Lipinski definition) is 0. The quantitative estimate of drug-likeness (QED) is 0.641. The van der Waals surface area contributed by atoms with Crippen LogP contribution in [0.25, 0.3) is 16.3 Å². The van der Waals surface area contributed by atoms with Crippen LogP contribution in [0.4, 0.5) is 0 Å². The molecule has 0 aliphatic rings. The van der Waals surface area contributed by atoms with E-state index in [0.717, 1.165) is 24.4 Å². The van der Waals surface area contributed by atoms with Gasteiger partial charge in [-0.25, -0.2) is 4.98 Å². The molecule has 3 aromatic rings. The first-order valence-corrected chi connectivity index (χ1v) is 8.66. The summed E-state index contributed by atoms with van der Waals surface area (Å²) >= 11 is 8.96. The first kappa shape index (κ1) is 15.2. The highest BCUT2D eigenvalue weighted by atomic mass is 35.5. The molecule has 0 aliphatic carbocycles. The van der Waals surface area contributed by atoms with Crippen molar-refractivity contribution >= 4 is 56.5 Å². The maximum atomic E-state index is 12.1. The van der Waals surface area contributed by atoms with Gasteiger partial charge in [-0.3, -0.25) is 4.79 Å². The minimum Gasteiger partial charge on any atom is -0.337 e. The smallest absolute Gasteiger partial charge is 0.246 e. The van der Waals surface area contributed by atoms with Crippen LogP contribution in [-0.2, 0) is 11.3 Å². The molecule has 0 N–H and O–H groups in total.